The number of nitrogens with zero attached hydrogens (tertiary/aromatic N) is 2. The Morgan fingerprint density at radius 2 is 2.08 bits per heavy atom. The Labute approximate surface area is 153 Å². The van der Waals surface area contributed by atoms with Gasteiger partial charge in [-0.3, -0.25) is 9.79 Å². The molecule has 0 aromatic carbocycles. The van der Waals surface area contributed by atoms with E-state index in [1.54, 1.807) is 11.8 Å². The molecule has 0 aromatic rings. The predicted octanol–water partition coefficient (Wildman–Crippen LogP) is 3.68. The van der Waals surface area contributed by atoms with E-state index >= 15 is 0 Å². The van der Waals surface area contributed by atoms with Crippen LogP contribution in [0.3, 0.4) is 0 Å². The van der Waals surface area contributed by atoms with Crippen molar-refractivity contribution in [2.45, 2.75) is 51.0 Å². The summed E-state index contributed by atoms with van der Waals surface area (Å²) in [6.07, 6.45) is 14.6. The van der Waals surface area contributed by atoms with Crippen LogP contribution in [0.1, 0.15) is 45.4 Å². The molecule has 5 heteroatoms. The van der Waals surface area contributed by atoms with Crippen LogP contribution < -0.4 is 5.73 Å². The van der Waals surface area contributed by atoms with Crippen molar-refractivity contribution in [1.29, 1.82) is 0 Å². The summed E-state index contributed by atoms with van der Waals surface area (Å²) in [5, 5.41) is 0.666. The molecular weight excluding hydrogens is 330 g/mol. The van der Waals surface area contributed by atoms with Gasteiger partial charge < -0.3 is 10.6 Å². The molecule has 1 fully saturated rings. The van der Waals surface area contributed by atoms with Crippen LogP contribution in [-0.2, 0) is 4.79 Å². The van der Waals surface area contributed by atoms with Gasteiger partial charge in [0.2, 0.25) is 0 Å². The van der Waals surface area contributed by atoms with E-state index in [4.69, 9.17) is 10.7 Å². The molecule has 1 amide bonds. The molecule has 2 heterocycles. The number of hydrogen-bond donors (Lipinski definition) is 1. The van der Waals surface area contributed by atoms with Gasteiger partial charge in [-0.15, -0.1) is 0 Å². The number of fused-ring (bicyclic) bond motifs is 1. The Bertz CT molecular complexity index is 759. The summed E-state index contributed by atoms with van der Waals surface area (Å²) >= 11 is 1.62. The standard InChI is InChI=1S/C20H25N3OS/c1-20(10-12-25-19(21)22-20)16-7-4-6-15(13-16)18(24)23-11-9-14-5-2-3-8-17(14)23/h5-6,8,13H,2-4,7,9-12H2,1H3,(H2,21,22). The zero-order valence-corrected chi connectivity index (χ0v) is 15.6. The maximum atomic E-state index is 13.1. The van der Waals surface area contributed by atoms with Crippen LogP contribution in [0.15, 0.2) is 51.7 Å². The average Bonchev–Trinajstić information content (AvgIpc) is 3.05. The van der Waals surface area contributed by atoms with Gasteiger partial charge in [0, 0.05) is 23.6 Å². The molecule has 2 aliphatic heterocycles. The highest BCUT2D eigenvalue weighted by Crippen LogP contribution is 2.38. The summed E-state index contributed by atoms with van der Waals surface area (Å²) < 4.78 is 0. The van der Waals surface area contributed by atoms with E-state index in [0.717, 1.165) is 62.1 Å². The fourth-order valence-corrected chi connectivity index (χ4v) is 5.12. The number of allylic oxidation sites excluding steroid dienone is 4. The quantitative estimate of drug-likeness (QED) is 0.822. The van der Waals surface area contributed by atoms with Crippen LogP contribution >= 0.6 is 11.8 Å². The van der Waals surface area contributed by atoms with Gasteiger partial charge in [-0.05, 0) is 62.7 Å². The van der Waals surface area contributed by atoms with Crippen molar-refractivity contribution in [3.63, 3.8) is 0 Å². The van der Waals surface area contributed by atoms with Crippen molar-refractivity contribution in [3.8, 4) is 0 Å². The lowest BCUT2D eigenvalue weighted by atomic mass is 9.82. The second kappa shape index (κ2) is 6.52. The second-order valence-electron chi connectivity index (χ2n) is 7.29. The summed E-state index contributed by atoms with van der Waals surface area (Å²) in [6, 6.07) is 0. The minimum atomic E-state index is -0.255. The van der Waals surface area contributed by atoms with Crippen molar-refractivity contribution in [3.05, 3.63) is 46.7 Å². The third-order valence-electron chi connectivity index (χ3n) is 5.61. The third-order valence-corrected chi connectivity index (χ3v) is 6.40. The van der Waals surface area contributed by atoms with E-state index in [1.165, 1.54) is 11.1 Å². The number of thioether (sulfide) groups is 1. The fourth-order valence-electron chi connectivity index (χ4n) is 4.14. The highest BCUT2D eigenvalue weighted by molar-refractivity contribution is 8.13. The normalized spacial score (nSPS) is 29.2. The Balaban J connectivity index is 1.59. The first-order valence-corrected chi connectivity index (χ1v) is 10.2. The molecule has 0 radical (unpaired) electrons. The summed E-state index contributed by atoms with van der Waals surface area (Å²) in [4.78, 5) is 19.8. The molecule has 4 rings (SSSR count). The summed E-state index contributed by atoms with van der Waals surface area (Å²) in [5.74, 6) is 1.13. The van der Waals surface area contributed by atoms with E-state index in [2.05, 4.69) is 31.2 Å². The molecule has 1 atom stereocenters. The minimum absolute atomic E-state index is 0.138. The minimum Gasteiger partial charge on any atom is -0.379 e. The molecule has 0 spiro atoms. The Morgan fingerprint density at radius 1 is 1.24 bits per heavy atom. The van der Waals surface area contributed by atoms with Crippen molar-refractivity contribution in [1.82, 2.24) is 4.90 Å². The molecule has 132 valence electrons. The fraction of sp³-hybridized carbons (Fsp3) is 0.500. The molecule has 2 aliphatic carbocycles. The molecule has 0 saturated carbocycles. The second-order valence-corrected chi connectivity index (χ2v) is 8.41. The van der Waals surface area contributed by atoms with Crippen LogP contribution in [0.4, 0.5) is 0 Å². The number of rotatable bonds is 2. The Morgan fingerprint density at radius 3 is 2.92 bits per heavy atom. The highest BCUT2D eigenvalue weighted by Gasteiger charge is 2.34. The predicted molar refractivity (Wildman–Crippen MR) is 104 cm³/mol. The SMILES string of the molecule is CC1(C2=CC(C(=O)N3CCC4=CCCC=C43)=CCC2)CCSC(N)=N1. The van der Waals surface area contributed by atoms with Gasteiger partial charge in [0.25, 0.3) is 5.91 Å². The molecule has 4 aliphatic rings. The molecule has 1 unspecified atom stereocenters. The number of likely N-dealkylation sites (tertiary alicyclic amines) is 1. The molecule has 0 aromatic heterocycles. The number of carbonyl (C=O) groups is 1. The molecule has 0 bridgehead atoms. The Hall–Kier alpha value is -1.75. The first-order valence-electron chi connectivity index (χ1n) is 9.18. The highest BCUT2D eigenvalue weighted by atomic mass is 32.2. The van der Waals surface area contributed by atoms with Gasteiger partial charge in [-0.2, -0.15) is 0 Å². The summed E-state index contributed by atoms with van der Waals surface area (Å²) in [6.45, 7) is 2.95. The third kappa shape index (κ3) is 3.10. The van der Waals surface area contributed by atoms with Gasteiger partial charge in [0.1, 0.15) is 0 Å². The number of carbonyl (C=O) groups excluding carboxylic acids is 1. The maximum absolute atomic E-state index is 13.1. The van der Waals surface area contributed by atoms with Crippen molar-refractivity contribution >= 4 is 22.8 Å². The molecule has 2 N–H and O–H groups in total. The van der Waals surface area contributed by atoms with Crippen molar-refractivity contribution in [2.24, 2.45) is 10.7 Å². The zero-order chi connectivity index (χ0) is 17.4. The maximum Gasteiger partial charge on any atom is 0.257 e. The van der Waals surface area contributed by atoms with E-state index in [-0.39, 0.29) is 11.4 Å². The molecule has 1 saturated heterocycles. The molecule has 4 nitrogen and oxygen atoms in total. The van der Waals surface area contributed by atoms with Gasteiger partial charge in [-0.25, -0.2) is 0 Å². The molecular formula is C20H25N3OS. The zero-order valence-electron chi connectivity index (χ0n) is 14.8. The van der Waals surface area contributed by atoms with Gasteiger partial charge in [0.15, 0.2) is 5.17 Å². The Kier molecular flexibility index (Phi) is 4.36. The number of hydrogen-bond acceptors (Lipinski definition) is 4. The largest absolute Gasteiger partial charge is 0.379 e. The topological polar surface area (TPSA) is 58.7 Å². The van der Waals surface area contributed by atoms with Gasteiger partial charge >= 0.3 is 0 Å². The van der Waals surface area contributed by atoms with Crippen molar-refractivity contribution < 1.29 is 4.79 Å². The molecule has 25 heavy (non-hydrogen) atoms. The average molecular weight is 356 g/mol. The first-order chi connectivity index (χ1) is 12.1. The van der Waals surface area contributed by atoms with Gasteiger partial charge in [0.05, 0.1) is 5.54 Å². The lowest BCUT2D eigenvalue weighted by Crippen LogP contribution is -2.34. The monoisotopic (exact) mass is 355 g/mol. The van der Waals surface area contributed by atoms with Crippen LogP contribution in [0.25, 0.3) is 0 Å². The summed E-state index contributed by atoms with van der Waals surface area (Å²) in [7, 11) is 0. The van der Waals surface area contributed by atoms with E-state index in [1.807, 2.05) is 4.90 Å². The van der Waals surface area contributed by atoms with E-state index in [0.29, 0.717) is 5.17 Å². The number of amides is 1. The van der Waals surface area contributed by atoms with Crippen LogP contribution in [-0.4, -0.2) is 33.8 Å². The van der Waals surface area contributed by atoms with Gasteiger partial charge in [-0.1, -0.05) is 30.0 Å². The number of amidine groups is 1. The summed E-state index contributed by atoms with van der Waals surface area (Å²) in [5.41, 5.74) is 10.3. The smallest absolute Gasteiger partial charge is 0.257 e. The lowest BCUT2D eigenvalue weighted by molar-refractivity contribution is -0.124. The first kappa shape index (κ1) is 16.7. The number of aliphatic imine (C=N–C) groups is 1. The van der Waals surface area contributed by atoms with Crippen molar-refractivity contribution in [2.75, 3.05) is 12.3 Å². The van der Waals surface area contributed by atoms with Crippen LogP contribution in [0, 0.1) is 0 Å². The van der Waals surface area contributed by atoms with Crippen LogP contribution in [0.2, 0.25) is 0 Å². The van der Waals surface area contributed by atoms with Crippen LogP contribution in [0.5, 0.6) is 0 Å². The number of nitrogens with two attached hydrogens (primary N) is 1. The lowest BCUT2D eigenvalue weighted by Gasteiger charge is -2.33. The van der Waals surface area contributed by atoms with E-state index < -0.39 is 0 Å². The van der Waals surface area contributed by atoms with E-state index in [9.17, 15) is 4.79 Å².